The molecule has 3 amide bonds. The van der Waals surface area contributed by atoms with Crippen LogP contribution in [0.5, 0.6) is 5.75 Å². The zero-order chi connectivity index (χ0) is 22.4. The fourth-order valence-corrected chi connectivity index (χ4v) is 3.64. The molecule has 0 radical (unpaired) electrons. The lowest BCUT2D eigenvalue weighted by atomic mass is 10.1. The Morgan fingerprint density at radius 2 is 1.77 bits per heavy atom. The van der Waals surface area contributed by atoms with Crippen molar-refractivity contribution in [2.75, 3.05) is 29.9 Å². The third-order valence-corrected chi connectivity index (χ3v) is 5.07. The molecule has 0 spiro atoms. The highest BCUT2D eigenvalue weighted by Crippen LogP contribution is 2.27. The maximum atomic E-state index is 12.3. The van der Waals surface area contributed by atoms with E-state index in [1.54, 1.807) is 29.2 Å². The van der Waals surface area contributed by atoms with E-state index in [0.717, 1.165) is 23.2 Å². The number of hydrogen-bond donors (Lipinski definition) is 2. The molecule has 164 valence electrons. The molecule has 1 atom stereocenters. The van der Waals surface area contributed by atoms with E-state index in [-0.39, 0.29) is 36.7 Å². The standard InChI is InChI=1S/C24H29N3O4/c1-4-9-25-24(30)18-13-23(29)27(14-18)20-5-7-21(8-6-20)31-15-22(28)26-19-11-16(2)10-17(3)12-19/h5-8,10-12,18H,4,9,13-15H2,1-3H3,(H,25,30)(H,26,28)/t18-/m0/s1. The molecule has 0 aromatic heterocycles. The maximum Gasteiger partial charge on any atom is 0.262 e. The summed E-state index contributed by atoms with van der Waals surface area (Å²) < 4.78 is 5.57. The Kier molecular flexibility index (Phi) is 7.28. The van der Waals surface area contributed by atoms with Gasteiger partial charge in [0.2, 0.25) is 11.8 Å². The number of carbonyl (C=O) groups is 3. The van der Waals surface area contributed by atoms with Crippen LogP contribution in [-0.2, 0) is 14.4 Å². The van der Waals surface area contributed by atoms with E-state index in [1.807, 2.05) is 39.0 Å². The van der Waals surface area contributed by atoms with Crippen LogP contribution in [-0.4, -0.2) is 37.4 Å². The summed E-state index contributed by atoms with van der Waals surface area (Å²) in [5.74, 6) is -0.192. The number of nitrogens with one attached hydrogen (secondary N) is 2. The van der Waals surface area contributed by atoms with E-state index < -0.39 is 0 Å². The summed E-state index contributed by atoms with van der Waals surface area (Å²) in [7, 11) is 0. The second kappa shape index (κ2) is 10.1. The van der Waals surface area contributed by atoms with E-state index >= 15 is 0 Å². The molecule has 0 bridgehead atoms. The summed E-state index contributed by atoms with van der Waals surface area (Å²) in [6.07, 6.45) is 1.08. The van der Waals surface area contributed by atoms with Gasteiger partial charge in [-0.05, 0) is 67.8 Å². The number of nitrogens with zero attached hydrogens (tertiary/aromatic N) is 1. The predicted molar refractivity (Wildman–Crippen MR) is 120 cm³/mol. The van der Waals surface area contributed by atoms with Gasteiger partial charge in [0.1, 0.15) is 5.75 Å². The first-order valence-corrected chi connectivity index (χ1v) is 10.5. The molecule has 0 aliphatic carbocycles. The second-order valence-electron chi connectivity index (χ2n) is 7.90. The third-order valence-electron chi connectivity index (χ3n) is 5.07. The van der Waals surface area contributed by atoms with Crippen LogP contribution >= 0.6 is 0 Å². The van der Waals surface area contributed by atoms with Crippen LogP contribution in [0.2, 0.25) is 0 Å². The molecule has 7 heteroatoms. The van der Waals surface area contributed by atoms with Crippen molar-refractivity contribution in [3.63, 3.8) is 0 Å². The number of rotatable bonds is 8. The average molecular weight is 424 g/mol. The molecule has 1 aliphatic heterocycles. The molecule has 0 unspecified atom stereocenters. The first-order chi connectivity index (χ1) is 14.9. The zero-order valence-corrected chi connectivity index (χ0v) is 18.2. The number of benzene rings is 2. The Labute approximate surface area is 182 Å². The highest BCUT2D eigenvalue weighted by molar-refractivity contribution is 6.00. The Balaban J connectivity index is 1.52. The molecule has 7 nitrogen and oxygen atoms in total. The van der Waals surface area contributed by atoms with Gasteiger partial charge in [0.25, 0.3) is 5.91 Å². The number of hydrogen-bond acceptors (Lipinski definition) is 4. The molecule has 1 aliphatic rings. The van der Waals surface area contributed by atoms with E-state index in [1.165, 1.54) is 0 Å². The Morgan fingerprint density at radius 3 is 2.42 bits per heavy atom. The number of amides is 3. The van der Waals surface area contributed by atoms with Crippen molar-refractivity contribution in [2.45, 2.75) is 33.6 Å². The summed E-state index contributed by atoms with van der Waals surface area (Å²) in [6.45, 7) is 6.81. The molecule has 2 aromatic carbocycles. The Bertz CT molecular complexity index is 936. The minimum absolute atomic E-state index is 0.0712. The van der Waals surface area contributed by atoms with Crippen molar-refractivity contribution >= 4 is 29.1 Å². The highest BCUT2D eigenvalue weighted by atomic mass is 16.5. The lowest BCUT2D eigenvalue weighted by Gasteiger charge is -2.17. The Morgan fingerprint density at radius 1 is 1.10 bits per heavy atom. The van der Waals surface area contributed by atoms with E-state index in [0.29, 0.717) is 24.5 Å². The van der Waals surface area contributed by atoms with Crippen LogP contribution in [0, 0.1) is 19.8 Å². The van der Waals surface area contributed by atoms with E-state index in [2.05, 4.69) is 10.6 Å². The van der Waals surface area contributed by atoms with E-state index in [4.69, 9.17) is 4.74 Å². The zero-order valence-electron chi connectivity index (χ0n) is 18.2. The molecule has 1 fully saturated rings. The van der Waals surface area contributed by atoms with Gasteiger partial charge in [0, 0.05) is 30.9 Å². The largest absolute Gasteiger partial charge is 0.484 e. The average Bonchev–Trinajstić information content (AvgIpc) is 3.12. The normalized spacial score (nSPS) is 15.6. The lowest BCUT2D eigenvalue weighted by Crippen LogP contribution is -2.33. The van der Waals surface area contributed by atoms with Gasteiger partial charge in [-0.3, -0.25) is 14.4 Å². The molecule has 3 rings (SSSR count). The summed E-state index contributed by atoms with van der Waals surface area (Å²) in [5, 5.41) is 5.68. The minimum atomic E-state index is -0.330. The monoisotopic (exact) mass is 423 g/mol. The Hall–Kier alpha value is -3.35. The van der Waals surface area contributed by atoms with Crippen LogP contribution in [0.15, 0.2) is 42.5 Å². The van der Waals surface area contributed by atoms with Crippen molar-refractivity contribution in [2.24, 2.45) is 5.92 Å². The summed E-state index contributed by atoms with van der Waals surface area (Å²) in [6, 6.07) is 12.8. The topological polar surface area (TPSA) is 87.7 Å². The van der Waals surface area contributed by atoms with Gasteiger partial charge in [-0.2, -0.15) is 0 Å². The molecule has 31 heavy (non-hydrogen) atoms. The first kappa shape index (κ1) is 22.3. The van der Waals surface area contributed by atoms with Gasteiger partial charge >= 0.3 is 0 Å². The summed E-state index contributed by atoms with van der Waals surface area (Å²) in [4.78, 5) is 38.3. The highest BCUT2D eigenvalue weighted by Gasteiger charge is 2.34. The number of ether oxygens (including phenoxy) is 1. The van der Waals surface area contributed by atoms with Crippen molar-refractivity contribution < 1.29 is 19.1 Å². The fraction of sp³-hybridized carbons (Fsp3) is 0.375. The van der Waals surface area contributed by atoms with Crippen LogP contribution in [0.1, 0.15) is 30.9 Å². The van der Waals surface area contributed by atoms with Crippen molar-refractivity contribution in [1.29, 1.82) is 0 Å². The minimum Gasteiger partial charge on any atom is -0.484 e. The molecule has 0 saturated carbocycles. The van der Waals surface area contributed by atoms with Crippen molar-refractivity contribution in [1.82, 2.24) is 5.32 Å². The smallest absolute Gasteiger partial charge is 0.262 e. The molecule has 2 aromatic rings. The van der Waals surface area contributed by atoms with Crippen LogP contribution in [0.3, 0.4) is 0 Å². The lowest BCUT2D eigenvalue weighted by molar-refractivity contribution is -0.126. The van der Waals surface area contributed by atoms with E-state index in [9.17, 15) is 14.4 Å². The summed E-state index contributed by atoms with van der Waals surface area (Å²) in [5.41, 5.74) is 3.61. The first-order valence-electron chi connectivity index (χ1n) is 10.5. The van der Waals surface area contributed by atoms with Crippen molar-refractivity contribution in [3.05, 3.63) is 53.6 Å². The molecular formula is C24H29N3O4. The van der Waals surface area contributed by atoms with Gasteiger partial charge in [-0.1, -0.05) is 13.0 Å². The maximum absolute atomic E-state index is 12.3. The predicted octanol–water partition coefficient (Wildman–Crippen LogP) is 3.20. The molecule has 2 N–H and O–H groups in total. The van der Waals surface area contributed by atoms with Gasteiger partial charge in [-0.15, -0.1) is 0 Å². The van der Waals surface area contributed by atoms with Gasteiger partial charge in [-0.25, -0.2) is 0 Å². The quantitative estimate of drug-likeness (QED) is 0.683. The second-order valence-corrected chi connectivity index (χ2v) is 7.90. The fourth-order valence-electron chi connectivity index (χ4n) is 3.64. The van der Waals surface area contributed by atoms with Gasteiger partial charge < -0.3 is 20.3 Å². The van der Waals surface area contributed by atoms with Crippen LogP contribution < -0.4 is 20.3 Å². The summed E-state index contributed by atoms with van der Waals surface area (Å²) >= 11 is 0. The van der Waals surface area contributed by atoms with Gasteiger partial charge in [0.15, 0.2) is 6.61 Å². The van der Waals surface area contributed by atoms with Crippen LogP contribution in [0.4, 0.5) is 11.4 Å². The number of carbonyl (C=O) groups excluding carboxylic acids is 3. The molecule has 1 heterocycles. The van der Waals surface area contributed by atoms with Crippen LogP contribution in [0.25, 0.3) is 0 Å². The third kappa shape index (κ3) is 6.07. The van der Waals surface area contributed by atoms with Crippen molar-refractivity contribution in [3.8, 4) is 5.75 Å². The number of anilines is 2. The SMILES string of the molecule is CCCNC(=O)[C@H]1CC(=O)N(c2ccc(OCC(=O)Nc3cc(C)cc(C)c3)cc2)C1. The molecular weight excluding hydrogens is 394 g/mol. The number of aryl methyl sites for hydroxylation is 2. The van der Waals surface area contributed by atoms with Gasteiger partial charge in [0.05, 0.1) is 5.92 Å². The molecule has 1 saturated heterocycles.